The third kappa shape index (κ3) is 5.11. The second-order valence-corrected chi connectivity index (χ2v) is 7.80. The maximum absolute atomic E-state index is 13.2. The molecule has 1 aliphatic rings. The predicted octanol–water partition coefficient (Wildman–Crippen LogP) is 4.75. The normalized spacial score (nSPS) is 14.5. The number of halogens is 2. The highest BCUT2D eigenvalue weighted by molar-refractivity contribution is 6.39. The molecule has 0 aromatic heterocycles. The van der Waals surface area contributed by atoms with E-state index in [2.05, 4.69) is 0 Å². The van der Waals surface area contributed by atoms with Crippen LogP contribution >= 0.6 is 11.6 Å². The van der Waals surface area contributed by atoms with Crippen LogP contribution in [0.15, 0.2) is 66.2 Å². The van der Waals surface area contributed by atoms with E-state index < -0.39 is 50.5 Å². The Morgan fingerprint density at radius 1 is 0.919 bits per heavy atom. The summed E-state index contributed by atoms with van der Waals surface area (Å²) >= 11 is 6.23. The number of anilines is 1. The van der Waals surface area contributed by atoms with Gasteiger partial charge in [-0.2, -0.15) is 0 Å². The van der Waals surface area contributed by atoms with Crippen molar-refractivity contribution in [3.63, 3.8) is 0 Å². The Labute approximate surface area is 210 Å². The van der Waals surface area contributed by atoms with E-state index in [1.54, 1.807) is 0 Å². The molecule has 0 saturated carbocycles. The van der Waals surface area contributed by atoms with Gasteiger partial charge in [-0.15, -0.1) is 0 Å². The lowest BCUT2D eigenvalue weighted by molar-refractivity contribution is -0.394. The van der Waals surface area contributed by atoms with Crippen molar-refractivity contribution in [2.45, 2.75) is 0 Å². The van der Waals surface area contributed by atoms with Gasteiger partial charge in [-0.3, -0.25) is 35.1 Å². The molecule has 12 nitrogen and oxygen atoms in total. The van der Waals surface area contributed by atoms with E-state index in [1.807, 2.05) is 5.32 Å². The number of non-ortho nitro benzene ring substituents is 1. The number of barbiturate groups is 1. The molecule has 0 aliphatic carbocycles. The average Bonchev–Trinajstić information content (AvgIpc) is 2.84. The van der Waals surface area contributed by atoms with Gasteiger partial charge in [-0.05, 0) is 54.1 Å². The summed E-state index contributed by atoms with van der Waals surface area (Å²) in [5.41, 5.74) is -1.31. The molecule has 186 valence electrons. The number of carbonyl (C=O) groups excluding carboxylic acids is 3. The molecular weight excluding hydrogens is 515 g/mol. The summed E-state index contributed by atoms with van der Waals surface area (Å²) in [6, 6.07) is 10.3. The van der Waals surface area contributed by atoms with Crippen LogP contribution in [0, 0.1) is 26.0 Å². The molecule has 4 amide bonds. The molecule has 37 heavy (non-hydrogen) atoms. The molecule has 0 radical (unpaired) electrons. The predicted molar refractivity (Wildman–Crippen MR) is 127 cm³/mol. The highest BCUT2D eigenvalue weighted by Gasteiger charge is 2.36. The first-order valence-electron chi connectivity index (χ1n) is 10.1. The number of urea groups is 1. The Morgan fingerprint density at radius 2 is 1.59 bits per heavy atom. The maximum Gasteiger partial charge on any atom is 0.335 e. The highest BCUT2D eigenvalue weighted by atomic mass is 35.5. The summed E-state index contributed by atoms with van der Waals surface area (Å²) < 4.78 is 18.7. The van der Waals surface area contributed by atoms with Crippen LogP contribution in [-0.2, 0) is 9.59 Å². The zero-order valence-corrected chi connectivity index (χ0v) is 19.0. The quantitative estimate of drug-likeness (QED) is 0.208. The first kappa shape index (κ1) is 24.9. The smallest absolute Gasteiger partial charge is 0.335 e. The van der Waals surface area contributed by atoms with Crippen molar-refractivity contribution in [3.05, 3.63) is 103 Å². The number of amides is 4. The van der Waals surface area contributed by atoms with Gasteiger partial charge in [0.2, 0.25) is 5.75 Å². The molecule has 0 unspecified atom stereocenters. The van der Waals surface area contributed by atoms with Crippen LogP contribution in [0.3, 0.4) is 0 Å². The van der Waals surface area contributed by atoms with Gasteiger partial charge in [0.05, 0.1) is 26.6 Å². The van der Waals surface area contributed by atoms with Crippen molar-refractivity contribution < 1.29 is 33.4 Å². The van der Waals surface area contributed by atoms with E-state index >= 15 is 0 Å². The Kier molecular flexibility index (Phi) is 6.63. The van der Waals surface area contributed by atoms with Crippen LogP contribution in [0.1, 0.15) is 5.56 Å². The Morgan fingerprint density at radius 3 is 2.22 bits per heavy atom. The molecule has 0 atom stereocenters. The molecule has 0 spiro atoms. The maximum atomic E-state index is 13.2. The monoisotopic (exact) mass is 526 g/mol. The first-order valence-corrected chi connectivity index (χ1v) is 10.5. The van der Waals surface area contributed by atoms with Crippen LogP contribution in [0.2, 0.25) is 5.02 Å². The average molecular weight is 527 g/mol. The van der Waals surface area contributed by atoms with E-state index in [-0.39, 0.29) is 27.8 Å². The second kappa shape index (κ2) is 9.83. The lowest BCUT2D eigenvalue weighted by atomic mass is 10.1. The topological polar surface area (TPSA) is 162 Å². The number of nitro benzene ring substituents is 2. The number of imide groups is 2. The lowest BCUT2D eigenvalue weighted by Crippen LogP contribution is -2.54. The standard InChI is InChI=1S/C23H12ClFN4O8/c24-17-10-12(1-7-19(17)37-20-8-6-15(28(33)34)11-18(20)29(35)36)9-16-21(30)26-23(32)27(22(16)31)14-4-2-13(25)3-5-14/h1-11H,(H,26,30,32)/b16-9+. The largest absolute Gasteiger partial charge is 0.449 e. The van der Waals surface area contributed by atoms with Crippen molar-refractivity contribution in [1.29, 1.82) is 0 Å². The highest BCUT2D eigenvalue weighted by Crippen LogP contribution is 2.37. The van der Waals surface area contributed by atoms with Crippen LogP contribution in [-0.4, -0.2) is 27.7 Å². The van der Waals surface area contributed by atoms with Crippen molar-refractivity contribution in [3.8, 4) is 11.5 Å². The molecule has 1 fully saturated rings. The van der Waals surface area contributed by atoms with E-state index in [0.717, 1.165) is 36.4 Å². The molecule has 1 heterocycles. The van der Waals surface area contributed by atoms with Gasteiger partial charge in [0, 0.05) is 6.07 Å². The Bertz CT molecular complexity index is 1520. The third-order valence-electron chi connectivity index (χ3n) is 5.02. The van der Waals surface area contributed by atoms with E-state index in [1.165, 1.54) is 30.3 Å². The van der Waals surface area contributed by atoms with Gasteiger partial charge < -0.3 is 4.74 Å². The van der Waals surface area contributed by atoms with Gasteiger partial charge in [-0.25, -0.2) is 14.1 Å². The summed E-state index contributed by atoms with van der Waals surface area (Å²) in [4.78, 5) is 58.7. The number of nitrogens with one attached hydrogen (secondary N) is 1. The fourth-order valence-corrected chi connectivity index (χ4v) is 3.53. The zero-order valence-electron chi connectivity index (χ0n) is 18.2. The van der Waals surface area contributed by atoms with Gasteiger partial charge >= 0.3 is 11.7 Å². The first-order chi connectivity index (χ1) is 17.5. The summed E-state index contributed by atoms with van der Waals surface area (Å²) in [6.45, 7) is 0. The summed E-state index contributed by atoms with van der Waals surface area (Å²) in [7, 11) is 0. The number of hydrogen-bond donors (Lipinski definition) is 1. The fourth-order valence-electron chi connectivity index (χ4n) is 3.31. The molecule has 1 N–H and O–H groups in total. The van der Waals surface area contributed by atoms with Crippen molar-refractivity contribution in [2.75, 3.05) is 4.90 Å². The van der Waals surface area contributed by atoms with Gasteiger partial charge in [-0.1, -0.05) is 17.7 Å². The van der Waals surface area contributed by atoms with E-state index in [4.69, 9.17) is 16.3 Å². The van der Waals surface area contributed by atoms with Crippen LogP contribution in [0.25, 0.3) is 6.08 Å². The molecule has 1 saturated heterocycles. The number of nitro groups is 2. The molecule has 14 heteroatoms. The van der Waals surface area contributed by atoms with Crippen LogP contribution < -0.4 is 15.0 Å². The van der Waals surface area contributed by atoms with E-state index in [0.29, 0.717) is 4.90 Å². The molecule has 3 aromatic rings. The minimum absolute atomic E-state index is 0.0359. The number of nitrogens with zero attached hydrogens (tertiary/aromatic N) is 3. The number of carbonyl (C=O) groups is 3. The van der Waals surface area contributed by atoms with Crippen LogP contribution in [0.4, 0.5) is 26.2 Å². The number of ether oxygens (including phenoxy) is 1. The van der Waals surface area contributed by atoms with Crippen molar-refractivity contribution in [2.24, 2.45) is 0 Å². The number of hydrogen-bond acceptors (Lipinski definition) is 8. The van der Waals surface area contributed by atoms with Gasteiger partial charge in [0.25, 0.3) is 17.5 Å². The summed E-state index contributed by atoms with van der Waals surface area (Å²) in [5, 5.41) is 24.2. The van der Waals surface area contributed by atoms with Gasteiger partial charge in [0.15, 0.2) is 0 Å². The van der Waals surface area contributed by atoms with E-state index in [9.17, 15) is 39.0 Å². The minimum atomic E-state index is -1.01. The summed E-state index contributed by atoms with van der Waals surface area (Å²) in [6.07, 6.45) is 1.16. The lowest BCUT2D eigenvalue weighted by Gasteiger charge is -2.26. The third-order valence-corrected chi connectivity index (χ3v) is 5.32. The second-order valence-electron chi connectivity index (χ2n) is 7.39. The van der Waals surface area contributed by atoms with Gasteiger partial charge in [0.1, 0.15) is 17.1 Å². The van der Waals surface area contributed by atoms with Crippen molar-refractivity contribution >= 4 is 52.6 Å². The minimum Gasteiger partial charge on any atom is -0.449 e. The number of benzene rings is 3. The summed E-state index contributed by atoms with van der Waals surface area (Å²) in [5.74, 6) is -2.87. The van der Waals surface area contributed by atoms with Crippen molar-refractivity contribution in [1.82, 2.24) is 5.32 Å². The zero-order chi connectivity index (χ0) is 26.9. The Balaban J connectivity index is 1.63. The molecule has 1 aliphatic heterocycles. The van der Waals surface area contributed by atoms with Crippen LogP contribution in [0.5, 0.6) is 11.5 Å². The molecule has 4 rings (SSSR count). The molecule has 3 aromatic carbocycles. The fraction of sp³-hybridized carbons (Fsp3) is 0. The molecular formula is C23H12ClFN4O8. The SMILES string of the molecule is O=C1NC(=O)N(c2ccc(F)cc2)C(=O)/C1=C/c1ccc(Oc2ccc([N+](=O)[O-])cc2[N+](=O)[O-])c(Cl)c1. The molecule has 0 bridgehead atoms. The number of rotatable bonds is 6. The Hall–Kier alpha value is -5.17.